The summed E-state index contributed by atoms with van der Waals surface area (Å²) in [5, 5.41) is 8.47. The van der Waals surface area contributed by atoms with Crippen LogP contribution in [0.25, 0.3) is 11.3 Å². The minimum Gasteiger partial charge on any atom is -0.477 e. The zero-order chi connectivity index (χ0) is 19.6. The third-order valence-corrected chi connectivity index (χ3v) is 6.12. The molecule has 1 fully saturated rings. The summed E-state index contributed by atoms with van der Waals surface area (Å²) in [5.74, 6) is 2.54. The maximum atomic E-state index is 5.51. The summed E-state index contributed by atoms with van der Waals surface area (Å²) in [6.07, 6.45) is 13.5. The van der Waals surface area contributed by atoms with Crippen LogP contribution in [0.3, 0.4) is 0 Å². The van der Waals surface area contributed by atoms with Gasteiger partial charge in [-0.2, -0.15) is 0 Å². The average Bonchev–Trinajstić information content (AvgIpc) is 2.76. The molecule has 0 amide bonds. The van der Waals surface area contributed by atoms with Crippen LogP contribution < -0.4 is 4.74 Å². The van der Waals surface area contributed by atoms with Crippen molar-refractivity contribution in [3.63, 3.8) is 0 Å². The molecule has 1 heterocycles. The fourth-order valence-electron chi connectivity index (χ4n) is 4.27. The van der Waals surface area contributed by atoms with Gasteiger partial charge in [-0.1, -0.05) is 83.1 Å². The third-order valence-electron chi connectivity index (χ3n) is 6.12. The van der Waals surface area contributed by atoms with Crippen molar-refractivity contribution in [2.75, 3.05) is 6.61 Å². The highest BCUT2D eigenvalue weighted by Gasteiger charge is 2.20. The number of rotatable bonds is 10. The fourth-order valence-corrected chi connectivity index (χ4v) is 4.27. The molecule has 0 N–H and O–H groups in total. The first-order valence-electron chi connectivity index (χ1n) is 11.3. The Bertz CT molecular complexity index is 673. The molecule has 0 spiro atoms. The first-order chi connectivity index (χ1) is 13.8. The third kappa shape index (κ3) is 6.32. The van der Waals surface area contributed by atoms with Crippen LogP contribution in [0.4, 0.5) is 0 Å². The predicted octanol–water partition coefficient (Wildman–Crippen LogP) is 6.86. The highest BCUT2D eigenvalue weighted by molar-refractivity contribution is 5.59. The van der Waals surface area contributed by atoms with Crippen molar-refractivity contribution < 1.29 is 4.74 Å². The van der Waals surface area contributed by atoms with Gasteiger partial charge in [-0.3, -0.25) is 0 Å². The van der Waals surface area contributed by atoms with Gasteiger partial charge in [0.05, 0.1) is 12.3 Å². The number of benzene rings is 1. The summed E-state index contributed by atoms with van der Waals surface area (Å²) < 4.78 is 5.51. The van der Waals surface area contributed by atoms with E-state index >= 15 is 0 Å². The van der Waals surface area contributed by atoms with Crippen LogP contribution >= 0.6 is 0 Å². The van der Waals surface area contributed by atoms with Crippen LogP contribution in [0.2, 0.25) is 0 Å². The summed E-state index contributed by atoms with van der Waals surface area (Å²) >= 11 is 0. The summed E-state index contributed by atoms with van der Waals surface area (Å²) in [7, 11) is 0. The summed E-state index contributed by atoms with van der Waals surface area (Å²) in [6.45, 7) is 5.07. The highest BCUT2D eigenvalue weighted by atomic mass is 16.5. The normalized spacial score (nSPS) is 19.5. The van der Waals surface area contributed by atoms with Crippen LogP contribution in [-0.4, -0.2) is 16.8 Å². The lowest BCUT2D eigenvalue weighted by atomic mass is 9.78. The van der Waals surface area contributed by atoms with E-state index < -0.39 is 0 Å². The van der Waals surface area contributed by atoms with E-state index in [1.807, 2.05) is 12.1 Å². The molecular formula is C25H36N2O. The zero-order valence-corrected chi connectivity index (χ0v) is 17.7. The molecule has 3 rings (SSSR count). The number of hydrogen-bond donors (Lipinski definition) is 0. The first kappa shape index (κ1) is 20.8. The molecule has 28 heavy (non-hydrogen) atoms. The maximum Gasteiger partial charge on any atom is 0.233 e. The lowest BCUT2D eigenvalue weighted by Gasteiger charge is -2.28. The lowest BCUT2D eigenvalue weighted by Crippen LogP contribution is -2.15. The molecule has 0 atom stereocenters. The predicted molar refractivity (Wildman–Crippen MR) is 117 cm³/mol. The quantitative estimate of drug-likeness (QED) is 0.451. The molecule has 3 nitrogen and oxygen atoms in total. The minimum atomic E-state index is 0.603. The number of hydrogen-bond acceptors (Lipinski definition) is 3. The van der Waals surface area contributed by atoms with Crippen molar-refractivity contribution in [3.8, 4) is 17.1 Å². The van der Waals surface area contributed by atoms with Crippen LogP contribution in [-0.2, 0) is 6.42 Å². The molecule has 0 radical (unpaired) electrons. The molecule has 0 bridgehead atoms. The van der Waals surface area contributed by atoms with Gasteiger partial charge in [0.1, 0.15) is 0 Å². The van der Waals surface area contributed by atoms with Crippen LogP contribution in [0.5, 0.6) is 5.88 Å². The van der Waals surface area contributed by atoms with E-state index in [4.69, 9.17) is 4.74 Å². The Balaban J connectivity index is 1.44. The second kappa shape index (κ2) is 11.2. The summed E-state index contributed by atoms with van der Waals surface area (Å²) in [6, 6.07) is 12.8. The molecule has 2 aromatic rings. The molecule has 0 aliphatic heterocycles. The molecule has 1 aliphatic carbocycles. The Kier molecular flexibility index (Phi) is 8.32. The molecule has 1 aromatic carbocycles. The SMILES string of the molecule is CCCC[C@H]1CC[C@H](CCc2ccc(-c3ccc(OCCC)nn3)cc2)CC1. The monoisotopic (exact) mass is 380 g/mol. The number of nitrogens with zero attached hydrogens (tertiary/aromatic N) is 2. The van der Waals surface area contributed by atoms with Crippen molar-refractivity contribution in [2.24, 2.45) is 11.8 Å². The van der Waals surface area contributed by atoms with Gasteiger partial charge in [-0.25, -0.2) is 0 Å². The molecule has 1 aromatic heterocycles. The van der Waals surface area contributed by atoms with Gasteiger partial charge in [0.25, 0.3) is 0 Å². The molecule has 3 heteroatoms. The zero-order valence-electron chi connectivity index (χ0n) is 17.7. The summed E-state index contributed by atoms with van der Waals surface area (Å²) in [5.41, 5.74) is 3.46. The van der Waals surface area contributed by atoms with E-state index in [1.165, 1.54) is 63.4 Å². The topological polar surface area (TPSA) is 35.0 Å². The van der Waals surface area contributed by atoms with E-state index in [1.54, 1.807) is 0 Å². The molecule has 152 valence electrons. The maximum absolute atomic E-state index is 5.51. The van der Waals surface area contributed by atoms with Crippen molar-refractivity contribution in [3.05, 3.63) is 42.0 Å². The van der Waals surface area contributed by atoms with Crippen molar-refractivity contribution in [2.45, 2.75) is 78.1 Å². The molecular weight excluding hydrogens is 344 g/mol. The number of unbranched alkanes of at least 4 members (excludes halogenated alkanes) is 1. The number of aromatic nitrogens is 2. The van der Waals surface area contributed by atoms with Gasteiger partial charge >= 0.3 is 0 Å². The van der Waals surface area contributed by atoms with E-state index in [9.17, 15) is 0 Å². The Morgan fingerprint density at radius 3 is 2.14 bits per heavy atom. The van der Waals surface area contributed by atoms with Gasteiger partial charge in [-0.05, 0) is 42.7 Å². The average molecular weight is 381 g/mol. The second-order valence-electron chi connectivity index (χ2n) is 8.37. The largest absolute Gasteiger partial charge is 0.477 e. The number of ether oxygens (including phenoxy) is 1. The highest BCUT2D eigenvalue weighted by Crippen LogP contribution is 2.34. The van der Waals surface area contributed by atoms with E-state index in [0.717, 1.165) is 29.5 Å². The van der Waals surface area contributed by atoms with Crippen molar-refractivity contribution in [1.29, 1.82) is 0 Å². The van der Waals surface area contributed by atoms with Crippen molar-refractivity contribution in [1.82, 2.24) is 10.2 Å². The minimum absolute atomic E-state index is 0.603. The van der Waals surface area contributed by atoms with Gasteiger partial charge in [0.15, 0.2) is 0 Å². The Hall–Kier alpha value is -1.90. The van der Waals surface area contributed by atoms with Crippen molar-refractivity contribution >= 4 is 0 Å². The van der Waals surface area contributed by atoms with Gasteiger partial charge in [0, 0.05) is 11.6 Å². The van der Waals surface area contributed by atoms with E-state index in [2.05, 4.69) is 48.3 Å². The van der Waals surface area contributed by atoms with Gasteiger partial charge in [0.2, 0.25) is 5.88 Å². The first-order valence-corrected chi connectivity index (χ1v) is 11.3. The standard InChI is InChI=1S/C25H36N2O/c1-3-5-6-20-7-9-21(10-8-20)11-12-22-13-15-23(16-14-22)24-17-18-25(27-26-24)28-19-4-2/h13-18,20-21H,3-12,19H2,1-2H3/t20-,21-. The molecule has 1 aliphatic rings. The van der Waals surface area contributed by atoms with Crippen LogP contribution in [0.15, 0.2) is 36.4 Å². The number of aryl methyl sites for hydroxylation is 1. The van der Waals surface area contributed by atoms with Gasteiger partial charge in [-0.15, -0.1) is 10.2 Å². The lowest BCUT2D eigenvalue weighted by molar-refractivity contribution is 0.250. The molecule has 0 unspecified atom stereocenters. The molecule has 1 saturated carbocycles. The van der Waals surface area contributed by atoms with E-state index in [-0.39, 0.29) is 0 Å². The van der Waals surface area contributed by atoms with Gasteiger partial charge < -0.3 is 4.74 Å². The summed E-state index contributed by atoms with van der Waals surface area (Å²) in [4.78, 5) is 0. The smallest absolute Gasteiger partial charge is 0.233 e. The Morgan fingerprint density at radius 1 is 0.821 bits per heavy atom. The second-order valence-corrected chi connectivity index (χ2v) is 8.37. The fraction of sp³-hybridized carbons (Fsp3) is 0.600. The van der Waals surface area contributed by atoms with Crippen LogP contribution in [0.1, 0.15) is 77.2 Å². The van der Waals surface area contributed by atoms with Crippen LogP contribution in [0, 0.1) is 11.8 Å². The van der Waals surface area contributed by atoms with E-state index in [0.29, 0.717) is 12.5 Å². The molecule has 0 saturated heterocycles. The Morgan fingerprint density at radius 2 is 1.54 bits per heavy atom. The Labute approximate surface area is 170 Å².